The summed E-state index contributed by atoms with van der Waals surface area (Å²) in [6.45, 7) is 6.49. The number of methoxy groups -OCH3 is 1. The van der Waals surface area contributed by atoms with Crippen LogP contribution in [-0.4, -0.2) is 57.2 Å². The van der Waals surface area contributed by atoms with Crippen LogP contribution in [0.5, 0.6) is 5.75 Å². The van der Waals surface area contributed by atoms with Crippen LogP contribution in [0.25, 0.3) is 0 Å². The standard InChI is InChI=1S/C15H23N3O2/c1-3-16-12-15(19)18-10-8-17(9-11-18)13-6-4-5-7-14(13)20-2/h4-7,16H,3,8-12H2,1-2H3. The Morgan fingerprint density at radius 1 is 1.25 bits per heavy atom. The molecule has 1 heterocycles. The van der Waals surface area contributed by atoms with Crippen molar-refractivity contribution in [3.8, 4) is 5.75 Å². The third-order valence-corrected chi connectivity index (χ3v) is 3.58. The second kappa shape index (κ2) is 7.14. The van der Waals surface area contributed by atoms with Crippen LogP contribution in [0.1, 0.15) is 6.92 Å². The fourth-order valence-corrected chi connectivity index (χ4v) is 2.43. The van der Waals surface area contributed by atoms with Gasteiger partial charge in [0.1, 0.15) is 5.75 Å². The van der Waals surface area contributed by atoms with Crippen molar-refractivity contribution in [3.05, 3.63) is 24.3 Å². The maximum atomic E-state index is 11.9. The summed E-state index contributed by atoms with van der Waals surface area (Å²) in [5.41, 5.74) is 1.11. The van der Waals surface area contributed by atoms with E-state index in [1.165, 1.54) is 0 Å². The monoisotopic (exact) mass is 277 g/mol. The highest BCUT2D eigenvalue weighted by Gasteiger charge is 2.22. The number of anilines is 1. The summed E-state index contributed by atoms with van der Waals surface area (Å²) in [6, 6.07) is 8.02. The third-order valence-electron chi connectivity index (χ3n) is 3.58. The number of rotatable bonds is 5. The van der Waals surface area contributed by atoms with E-state index in [1.807, 2.05) is 30.0 Å². The van der Waals surface area contributed by atoms with Gasteiger partial charge in [-0.25, -0.2) is 0 Å². The Balaban J connectivity index is 1.92. The lowest BCUT2D eigenvalue weighted by molar-refractivity contribution is -0.130. The lowest BCUT2D eigenvalue weighted by Crippen LogP contribution is -2.50. The molecule has 0 atom stereocenters. The van der Waals surface area contributed by atoms with Gasteiger partial charge in [0.05, 0.1) is 19.3 Å². The number of carbonyl (C=O) groups excluding carboxylic acids is 1. The SMILES string of the molecule is CCNCC(=O)N1CCN(c2ccccc2OC)CC1. The molecule has 5 nitrogen and oxygen atoms in total. The highest BCUT2D eigenvalue weighted by Crippen LogP contribution is 2.28. The molecule has 0 bridgehead atoms. The normalized spacial score (nSPS) is 15.3. The molecule has 2 rings (SSSR count). The van der Waals surface area contributed by atoms with Crippen molar-refractivity contribution < 1.29 is 9.53 Å². The zero-order valence-electron chi connectivity index (χ0n) is 12.3. The first-order valence-corrected chi connectivity index (χ1v) is 7.12. The molecule has 1 aliphatic rings. The van der Waals surface area contributed by atoms with Gasteiger partial charge in [0, 0.05) is 26.2 Å². The number of hydrogen-bond acceptors (Lipinski definition) is 4. The molecule has 0 saturated carbocycles. The van der Waals surface area contributed by atoms with Gasteiger partial charge < -0.3 is 19.9 Å². The van der Waals surface area contributed by atoms with E-state index in [9.17, 15) is 4.79 Å². The zero-order chi connectivity index (χ0) is 14.4. The number of nitrogens with zero attached hydrogens (tertiary/aromatic N) is 2. The van der Waals surface area contributed by atoms with Crippen LogP contribution < -0.4 is 15.0 Å². The molecule has 20 heavy (non-hydrogen) atoms. The van der Waals surface area contributed by atoms with Gasteiger partial charge in [-0.2, -0.15) is 0 Å². The molecule has 0 aromatic heterocycles. The number of piperazine rings is 1. The Morgan fingerprint density at radius 3 is 2.60 bits per heavy atom. The maximum absolute atomic E-state index is 11.9. The van der Waals surface area contributed by atoms with E-state index in [1.54, 1.807) is 7.11 Å². The van der Waals surface area contributed by atoms with E-state index >= 15 is 0 Å². The Bertz CT molecular complexity index is 442. The van der Waals surface area contributed by atoms with Crippen LogP contribution in [-0.2, 0) is 4.79 Å². The molecule has 1 aliphatic heterocycles. The number of para-hydroxylation sites is 2. The molecule has 1 saturated heterocycles. The molecule has 1 aromatic carbocycles. The van der Waals surface area contributed by atoms with Crippen LogP contribution in [0, 0.1) is 0 Å². The lowest BCUT2D eigenvalue weighted by atomic mass is 10.2. The largest absolute Gasteiger partial charge is 0.495 e. The fourth-order valence-electron chi connectivity index (χ4n) is 2.43. The van der Waals surface area contributed by atoms with Gasteiger partial charge in [-0.3, -0.25) is 4.79 Å². The van der Waals surface area contributed by atoms with Crippen molar-refractivity contribution in [1.29, 1.82) is 0 Å². The van der Waals surface area contributed by atoms with Crippen LogP contribution in [0.4, 0.5) is 5.69 Å². The molecular formula is C15H23N3O2. The highest BCUT2D eigenvalue weighted by atomic mass is 16.5. The average molecular weight is 277 g/mol. The van der Waals surface area contributed by atoms with Crippen LogP contribution >= 0.6 is 0 Å². The topological polar surface area (TPSA) is 44.8 Å². The first kappa shape index (κ1) is 14.7. The van der Waals surface area contributed by atoms with Gasteiger partial charge in [-0.05, 0) is 18.7 Å². The summed E-state index contributed by atoms with van der Waals surface area (Å²) in [7, 11) is 1.69. The highest BCUT2D eigenvalue weighted by molar-refractivity contribution is 5.78. The zero-order valence-corrected chi connectivity index (χ0v) is 12.3. The molecule has 1 aromatic rings. The van der Waals surface area contributed by atoms with E-state index in [4.69, 9.17) is 4.74 Å². The van der Waals surface area contributed by atoms with Gasteiger partial charge in [0.15, 0.2) is 0 Å². The van der Waals surface area contributed by atoms with Crippen molar-refractivity contribution >= 4 is 11.6 Å². The molecule has 1 N–H and O–H groups in total. The maximum Gasteiger partial charge on any atom is 0.236 e. The first-order chi connectivity index (χ1) is 9.76. The molecule has 0 aliphatic carbocycles. The minimum Gasteiger partial charge on any atom is -0.495 e. The Hall–Kier alpha value is -1.75. The van der Waals surface area contributed by atoms with Gasteiger partial charge in [-0.1, -0.05) is 19.1 Å². The van der Waals surface area contributed by atoms with Crippen LogP contribution in [0.2, 0.25) is 0 Å². The van der Waals surface area contributed by atoms with Crippen molar-refractivity contribution in [2.24, 2.45) is 0 Å². The smallest absolute Gasteiger partial charge is 0.236 e. The second-order valence-corrected chi connectivity index (χ2v) is 4.82. The number of ether oxygens (including phenoxy) is 1. The van der Waals surface area contributed by atoms with Gasteiger partial charge in [-0.15, -0.1) is 0 Å². The summed E-state index contributed by atoms with van der Waals surface area (Å²) in [5.74, 6) is 1.08. The van der Waals surface area contributed by atoms with Gasteiger partial charge in [0.25, 0.3) is 0 Å². The molecule has 1 fully saturated rings. The summed E-state index contributed by atoms with van der Waals surface area (Å²) >= 11 is 0. The van der Waals surface area contributed by atoms with E-state index in [0.717, 1.165) is 44.2 Å². The van der Waals surface area contributed by atoms with Crippen LogP contribution in [0.3, 0.4) is 0 Å². The molecule has 0 radical (unpaired) electrons. The predicted molar refractivity (Wildman–Crippen MR) is 80.3 cm³/mol. The number of nitrogens with one attached hydrogen (secondary N) is 1. The van der Waals surface area contributed by atoms with Gasteiger partial charge >= 0.3 is 0 Å². The van der Waals surface area contributed by atoms with E-state index in [-0.39, 0.29) is 5.91 Å². The molecule has 1 amide bonds. The summed E-state index contributed by atoms with van der Waals surface area (Å²) in [5, 5.41) is 3.08. The molecule has 5 heteroatoms. The number of likely N-dealkylation sites (N-methyl/N-ethyl adjacent to an activating group) is 1. The Kier molecular flexibility index (Phi) is 5.24. The fraction of sp³-hybridized carbons (Fsp3) is 0.533. The molecule has 0 unspecified atom stereocenters. The minimum atomic E-state index is 0.187. The molecule has 0 spiro atoms. The molecular weight excluding hydrogens is 254 g/mol. The first-order valence-electron chi connectivity index (χ1n) is 7.12. The molecule has 110 valence electrons. The minimum absolute atomic E-state index is 0.187. The van der Waals surface area contributed by atoms with E-state index in [2.05, 4.69) is 16.3 Å². The van der Waals surface area contributed by atoms with E-state index in [0.29, 0.717) is 6.54 Å². The Labute approximate surface area is 120 Å². The second-order valence-electron chi connectivity index (χ2n) is 4.82. The lowest BCUT2D eigenvalue weighted by Gasteiger charge is -2.36. The van der Waals surface area contributed by atoms with Crippen molar-refractivity contribution in [2.45, 2.75) is 6.92 Å². The number of benzene rings is 1. The van der Waals surface area contributed by atoms with Gasteiger partial charge in [0.2, 0.25) is 5.91 Å². The number of hydrogen-bond donors (Lipinski definition) is 1. The number of carbonyl (C=O) groups is 1. The van der Waals surface area contributed by atoms with Crippen LogP contribution in [0.15, 0.2) is 24.3 Å². The Morgan fingerprint density at radius 2 is 1.95 bits per heavy atom. The summed E-state index contributed by atoms with van der Waals surface area (Å²) in [6.07, 6.45) is 0. The van der Waals surface area contributed by atoms with E-state index < -0.39 is 0 Å². The quantitative estimate of drug-likeness (QED) is 0.870. The predicted octanol–water partition coefficient (Wildman–Crippen LogP) is 0.953. The summed E-state index contributed by atoms with van der Waals surface area (Å²) < 4.78 is 5.39. The van der Waals surface area contributed by atoms with Crippen molar-refractivity contribution in [1.82, 2.24) is 10.2 Å². The average Bonchev–Trinajstić information content (AvgIpc) is 2.52. The summed E-state index contributed by atoms with van der Waals surface area (Å²) in [4.78, 5) is 16.1. The third kappa shape index (κ3) is 3.42. The van der Waals surface area contributed by atoms with Crippen molar-refractivity contribution in [3.63, 3.8) is 0 Å². The van der Waals surface area contributed by atoms with Crippen molar-refractivity contribution in [2.75, 3.05) is 51.3 Å². The number of amides is 1.